The molecule has 2 aliphatic heterocycles. The number of hydrogen-bond acceptors (Lipinski definition) is 5. The largest absolute Gasteiger partial charge is 0.386 e. The van der Waals surface area contributed by atoms with Gasteiger partial charge in [0.1, 0.15) is 11.5 Å². The number of aliphatic hydroxyl groups excluding tert-OH is 1. The van der Waals surface area contributed by atoms with Crippen molar-refractivity contribution in [3.8, 4) is 6.07 Å². The first-order valence-electron chi connectivity index (χ1n) is 5.48. The van der Waals surface area contributed by atoms with Crippen molar-refractivity contribution in [1.82, 2.24) is 0 Å². The van der Waals surface area contributed by atoms with E-state index in [2.05, 4.69) is 6.07 Å². The first kappa shape index (κ1) is 11.8. The monoisotopic (exact) mass is 227 g/mol. The highest BCUT2D eigenvalue weighted by Crippen LogP contribution is 2.50. The number of nitriles is 1. The topological polar surface area (TPSA) is 71.7 Å². The van der Waals surface area contributed by atoms with Crippen molar-refractivity contribution in [1.29, 1.82) is 5.26 Å². The Morgan fingerprint density at radius 3 is 2.50 bits per heavy atom. The normalized spacial score (nSPS) is 38.9. The summed E-state index contributed by atoms with van der Waals surface area (Å²) in [6, 6.07) is 2.22. The molecule has 5 nitrogen and oxygen atoms in total. The number of aliphatic hydroxyl groups is 1. The van der Waals surface area contributed by atoms with Gasteiger partial charge in [0.25, 0.3) is 0 Å². The molecule has 0 aromatic heterocycles. The molecule has 2 bridgehead atoms. The Bertz CT molecular complexity index is 299. The molecular formula is C11H17NO4. The molecule has 4 atom stereocenters. The average molecular weight is 227 g/mol. The van der Waals surface area contributed by atoms with Crippen LogP contribution < -0.4 is 0 Å². The second-order valence-electron chi connectivity index (χ2n) is 4.47. The lowest BCUT2D eigenvalue weighted by Gasteiger charge is -2.35. The van der Waals surface area contributed by atoms with E-state index in [-0.39, 0.29) is 12.2 Å². The number of rotatable bonds is 4. The molecule has 90 valence electrons. The third kappa shape index (κ3) is 1.54. The molecule has 2 heterocycles. The van der Waals surface area contributed by atoms with E-state index >= 15 is 0 Å². The summed E-state index contributed by atoms with van der Waals surface area (Å²) in [7, 11) is 2.91. The molecule has 0 amide bonds. The van der Waals surface area contributed by atoms with E-state index in [0.29, 0.717) is 6.42 Å². The third-order valence-electron chi connectivity index (χ3n) is 3.71. The standard InChI is InChI=1S/C11H17NO4/c1-14-10(15-2)9(13)11(6-12)5-7-3-4-8(11)16-7/h7-10,13H,3-5H2,1-2H3. The zero-order valence-electron chi connectivity index (χ0n) is 9.55. The predicted octanol–water partition coefficient (Wildman–Crippen LogP) is 0.427. The first-order chi connectivity index (χ1) is 7.67. The summed E-state index contributed by atoms with van der Waals surface area (Å²) in [6.45, 7) is 0. The maximum absolute atomic E-state index is 10.2. The molecule has 1 N–H and O–H groups in total. The van der Waals surface area contributed by atoms with E-state index in [1.807, 2.05) is 0 Å². The summed E-state index contributed by atoms with van der Waals surface area (Å²) in [5, 5.41) is 19.6. The maximum Gasteiger partial charge on any atom is 0.184 e. The van der Waals surface area contributed by atoms with Crippen LogP contribution in [0, 0.1) is 16.7 Å². The third-order valence-corrected chi connectivity index (χ3v) is 3.71. The zero-order chi connectivity index (χ0) is 11.8. The smallest absolute Gasteiger partial charge is 0.184 e. The van der Waals surface area contributed by atoms with Crippen LogP contribution in [0.3, 0.4) is 0 Å². The summed E-state index contributed by atoms with van der Waals surface area (Å²) >= 11 is 0. The summed E-state index contributed by atoms with van der Waals surface area (Å²) in [4.78, 5) is 0. The van der Waals surface area contributed by atoms with Crippen LogP contribution in [0.2, 0.25) is 0 Å². The van der Waals surface area contributed by atoms with E-state index in [0.717, 1.165) is 12.8 Å². The molecule has 4 unspecified atom stereocenters. The first-order valence-corrected chi connectivity index (χ1v) is 5.48. The van der Waals surface area contributed by atoms with Gasteiger partial charge in [0.2, 0.25) is 0 Å². The molecule has 0 aromatic carbocycles. The average Bonchev–Trinajstić information content (AvgIpc) is 2.90. The van der Waals surface area contributed by atoms with Gasteiger partial charge in [-0.15, -0.1) is 0 Å². The van der Waals surface area contributed by atoms with Gasteiger partial charge in [-0.3, -0.25) is 0 Å². The minimum absolute atomic E-state index is 0.105. The Balaban J connectivity index is 2.19. The lowest BCUT2D eigenvalue weighted by molar-refractivity contribution is -0.195. The van der Waals surface area contributed by atoms with Gasteiger partial charge in [0, 0.05) is 14.2 Å². The lowest BCUT2D eigenvalue weighted by atomic mass is 9.71. The van der Waals surface area contributed by atoms with Crippen molar-refractivity contribution >= 4 is 0 Å². The van der Waals surface area contributed by atoms with Crippen LogP contribution in [0.25, 0.3) is 0 Å². The Morgan fingerprint density at radius 1 is 1.44 bits per heavy atom. The van der Waals surface area contributed by atoms with E-state index in [4.69, 9.17) is 14.2 Å². The predicted molar refractivity (Wildman–Crippen MR) is 54.4 cm³/mol. The minimum Gasteiger partial charge on any atom is -0.386 e. The van der Waals surface area contributed by atoms with Gasteiger partial charge >= 0.3 is 0 Å². The SMILES string of the molecule is COC(OC)C(O)C1(C#N)CC2CCC1O2. The molecule has 0 spiro atoms. The number of methoxy groups -OCH3 is 2. The highest BCUT2D eigenvalue weighted by molar-refractivity contribution is 5.16. The van der Waals surface area contributed by atoms with Crippen LogP contribution >= 0.6 is 0 Å². The van der Waals surface area contributed by atoms with Crippen LogP contribution in [0.1, 0.15) is 19.3 Å². The fourth-order valence-corrected chi connectivity index (χ4v) is 2.83. The van der Waals surface area contributed by atoms with Gasteiger partial charge in [0.15, 0.2) is 6.29 Å². The van der Waals surface area contributed by atoms with Crippen molar-refractivity contribution < 1.29 is 19.3 Å². The molecule has 16 heavy (non-hydrogen) atoms. The second kappa shape index (κ2) is 4.30. The molecule has 2 saturated heterocycles. The van der Waals surface area contributed by atoms with Crippen molar-refractivity contribution in [3.63, 3.8) is 0 Å². The zero-order valence-corrected chi connectivity index (χ0v) is 9.55. The molecule has 0 aliphatic carbocycles. The van der Waals surface area contributed by atoms with Gasteiger partial charge in [-0.05, 0) is 19.3 Å². The van der Waals surface area contributed by atoms with Crippen LogP contribution in [0.5, 0.6) is 0 Å². The summed E-state index contributed by atoms with van der Waals surface area (Å²) in [5.74, 6) is 0. The summed E-state index contributed by atoms with van der Waals surface area (Å²) < 4.78 is 15.7. The molecule has 0 saturated carbocycles. The fraction of sp³-hybridized carbons (Fsp3) is 0.909. The Morgan fingerprint density at radius 2 is 2.12 bits per heavy atom. The fourth-order valence-electron chi connectivity index (χ4n) is 2.83. The molecule has 5 heteroatoms. The van der Waals surface area contributed by atoms with E-state index in [9.17, 15) is 10.4 Å². The molecule has 2 aliphatic rings. The van der Waals surface area contributed by atoms with Crippen LogP contribution in [0.15, 0.2) is 0 Å². The second-order valence-corrected chi connectivity index (χ2v) is 4.47. The number of ether oxygens (including phenoxy) is 3. The summed E-state index contributed by atoms with van der Waals surface area (Å²) in [6.07, 6.45) is 0.545. The number of nitrogens with zero attached hydrogens (tertiary/aromatic N) is 1. The summed E-state index contributed by atoms with van der Waals surface area (Å²) in [5.41, 5.74) is -0.875. The molecule has 0 aromatic rings. The molecule has 2 fully saturated rings. The Kier molecular flexibility index (Phi) is 3.17. The van der Waals surface area contributed by atoms with Crippen molar-refractivity contribution in [2.24, 2.45) is 5.41 Å². The van der Waals surface area contributed by atoms with Crippen molar-refractivity contribution in [2.45, 2.75) is 43.9 Å². The van der Waals surface area contributed by atoms with Gasteiger partial charge in [-0.1, -0.05) is 0 Å². The van der Waals surface area contributed by atoms with Gasteiger partial charge < -0.3 is 19.3 Å². The highest BCUT2D eigenvalue weighted by atomic mass is 16.7. The minimum atomic E-state index is -0.970. The van der Waals surface area contributed by atoms with Gasteiger partial charge in [-0.25, -0.2) is 0 Å². The quantitative estimate of drug-likeness (QED) is 0.705. The van der Waals surface area contributed by atoms with E-state index in [1.165, 1.54) is 14.2 Å². The Hall–Kier alpha value is -0.670. The van der Waals surface area contributed by atoms with Crippen LogP contribution in [0.4, 0.5) is 0 Å². The maximum atomic E-state index is 10.2. The van der Waals surface area contributed by atoms with Gasteiger partial charge in [-0.2, -0.15) is 5.26 Å². The van der Waals surface area contributed by atoms with E-state index in [1.54, 1.807) is 0 Å². The van der Waals surface area contributed by atoms with E-state index < -0.39 is 17.8 Å². The number of fused-ring (bicyclic) bond motifs is 2. The van der Waals surface area contributed by atoms with Crippen LogP contribution in [-0.4, -0.2) is 43.9 Å². The Labute approximate surface area is 94.9 Å². The molecule has 0 radical (unpaired) electrons. The highest BCUT2D eigenvalue weighted by Gasteiger charge is 2.59. The molecular weight excluding hydrogens is 210 g/mol. The van der Waals surface area contributed by atoms with Crippen molar-refractivity contribution in [3.05, 3.63) is 0 Å². The van der Waals surface area contributed by atoms with Gasteiger partial charge in [0.05, 0.1) is 18.3 Å². The number of hydrogen-bond donors (Lipinski definition) is 1. The van der Waals surface area contributed by atoms with Crippen molar-refractivity contribution in [2.75, 3.05) is 14.2 Å². The van der Waals surface area contributed by atoms with Crippen LogP contribution in [-0.2, 0) is 14.2 Å². The lowest BCUT2D eigenvalue weighted by Crippen LogP contribution is -2.49. The molecule has 2 rings (SSSR count).